The van der Waals surface area contributed by atoms with Crippen molar-refractivity contribution >= 4 is 21.6 Å². The minimum atomic E-state index is 0.0272. The molecule has 6 nitrogen and oxygen atoms in total. The standard InChI is InChI=1S/C16H22N4O2S/c21-15-14-11-2-1-3-12(11)23-16(14)19-13(18-15)10-17-4-5-20-6-8-22-9-7-20/h17H,1-10H2,(H,18,19,21). The Bertz CT molecular complexity index is 748. The van der Waals surface area contributed by atoms with Crippen LogP contribution in [0.3, 0.4) is 0 Å². The molecule has 1 saturated heterocycles. The first-order chi connectivity index (χ1) is 11.3. The van der Waals surface area contributed by atoms with Gasteiger partial charge < -0.3 is 15.0 Å². The van der Waals surface area contributed by atoms with Gasteiger partial charge in [-0.2, -0.15) is 0 Å². The third-order valence-electron chi connectivity index (χ3n) is 4.63. The normalized spacial score (nSPS) is 18.6. The van der Waals surface area contributed by atoms with Crippen LogP contribution in [0, 0.1) is 0 Å². The third kappa shape index (κ3) is 3.19. The molecule has 1 aliphatic carbocycles. The summed E-state index contributed by atoms with van der Waals surface area (Å²) in [6, 6.07) is 0. The van der Waals surface area contributed by atoms with E-state index in [-0.39, 0.29) is 5.56 Å². The van der Waals surface area contributed by atoms with E-state index in [1.165, 1.54) is 16.9 Å². The molecule has 2 aliphatic rings. The van der Waals surface area contributed by atoms with E-state index in [0.717, 1.165) is 68.3 Å². The summed E-state index contributed by atoms with van der Waals surface area (Å²) in [7, 11) is 0. The maximum absolute atomic E-state index is 12.4. The Hall–Kier alpha value is -1.28. The number of ether oxygens (including phenoxy) is 1. The number of fused-ring (bicyclic) bond motifs is 3. The number of aryl methyl sites for hydroxylation is 2. The van der Waals surface area contributed by atoms with Crippen LogP contribution in [0.15, 0.2) is 4.79 Å². The Morgan fingerprint density at radius 2 is 2.17 bits per heavy atom. The van der Waals surface area contributed by atoms with Crippen LogP contribution in [0.2, 0.25) is 0 Å². The number of thiophene rings is 1. The van der Waals surface area contributed by atoms with Gasteiger partial charge in [-0.05, 0) is 24.8 Å². The van der Waals surface area contributed by atoms with Crippen molar-refractivity contribution in [2.24, 2.45) is 0 Å². The molecule has 23 heavy (non-hydrogen) atoms. The van der Waals surface area contributed by atoms with Crippen molar-refractivity contribution in [1.29, 1.82) is 0 Å². The molecule has 0 atom stereocenters. The molecule has 0 radical (unpaired) electrons. The second-order valence-corrected chi connectivity index (χ2v) is 7.26. The Morgan fingerprint density at radius 3 is 3.04 bits per heavy atom. The lowest BCUT2D eigenvalue weighted by molar-refractivity contribution is 0.0384. The number of aromatic nitrogens is 2. The fraction of sp³-hybridized carbons (Fsp3) is 0.625. The summed E-state index contributed by atoms with van der Waals surface area (Å²) in [5.74, 6) is 0.740. The van der Waals surface area contributed by atoms with Gasteiger partial charge in [0, 0.05) is 31.1 Å². The molecule has 0 saturated carbocycles. The average molecular weight is 334 g/mol. The minimum Gasteiger partial charge on any atom is -0.379 e. The van der Waals surface area contributed by atoms with Crippen LogP contribution < -0.4 is 10.9 Å². The van der Waals surface area contributed by atoms with Crippen molar-refractivity contribution in [1.82, 2.24) is 20.2 Å². The van der Waals surface area contributed by atoms with Gasteiger partial charge in [0.05, 0.1) is 25.1 Å². The topological polar surface area (TPSA) is 70.2 Å². The molecule has 0 amide bonds. The van der Waals surface area contributed by atoms with Crippen molar-refractivity contribution in [3.05, 3.63) is 26.6 Å². The van der Waals surface area contributed by atoms with Gasteiger partial charge in [0.1, 0.15) is 10.7 Å². The van der Waals surface area contributed by atoms with Crippen LogP contribution in [-0.2, 0) is 24.1 Å². The summed E-state index contributed by atoms with van der Waals surface area (Å²) in [5, 5.41) is 4.21. The minimum absolute atomic E-state index is 0.0272. The van der Waals surface area contributed by atoms with Crippen molar-refractivity contribution in [2.75, 3.05) is 39.4 Å². The molecule has 1 aliphatic heterocycles. The summed E-state index contributed by atoms with van der Waals surface area (Å²) >= 11 is 1.70. The van der Waals surface area contributed by atoms with Crippen molar-refractivity contribution in [3.8, 4) is 0 Å². The van der Waals surface area contributed by atoms with E-state index in [1.807, 2.05) is 0 Å². The van der Waals surface area contributed by atoms with Gasteiger partial charge in [0.2, 0.25) is 0 Å². The summed E-state index contributed by atoms with van der Waals surface area (Å²) in [6.45, 7) is 6.17. The second kappa shape index (κ2) is 6.68. The van der Waals surface area contributed by atoms with Gasteiger partial charge in [-0.1, -0.05) is 0 Å². The largest absolute Gasteiger partial charge is 0.379 e. The zero-order valence-corrected chi connectivity index (χ0v) is 14.0. The van der Waals surface area contributed by atoms with E-state index >= 15 is 0 Å². The van der Waals surface area contributed by atoms with Crippen molar-refractivity contribution in [3.63, 3.8) is 0 Å². The maximum atomic E-state index is 12.4. The molecule has 0 unspecified atom stereocenters. The molecule has 124 valence electrons. The highest BCUT2D eigenvalue weighted by molar-refractivity contribution is 7.18. The number of morpholine rings is 1. The Labute approximate surface area is 138 Å². The Morgan fingerprint density at radius 1 is 1.30 bits per heavy atom. The van der Waals surface area contributed by atoms with E-state index in [1.54, 1.807) is 11.3 Å². The van der Waals surface area contributed by atoms with E-state index in [2.05, 4.69) is 20.2 Å². The SMILES string of the molecule is O=c1[nH]c(CNCCN2CCOCC2)nc2sc3c(c12)CCC3. The first kappa shape index (κ1) is 15.3. The summed E-state index contributed by atoms with van der Waals surface area (Å²) in [4.78, 5) is 24.6. The number of nitrogens with zero attached hydrogens (tertiary/aromatic N) is 2. The lowest BCUT2D eigenvalue weighted by Gasteiger charge is -2.26. The number of H-pyrrole nitrogens is 1. The van der Waals surface area contributed by atoms with Crippen LogP contribution in [-0.4, -0.2) is 54.3 Å². The zero-order chi connectivity index (χ0) is 15.6. The molecule has 4 rings (SSSR count). The summed E-state index contributed by atoms with van der Waals surface area (Å²) in [6.07, 6.45) is 3.29. The van der Waals surface area contributed by atoms with Gasteiger partial charge in [0.25, 0.3) is 5.56 Å². The van der Waals surface area contributed by atoms with Crippen LogP contribution >= 0.6 is 11.3 Å². The smallest absolute Gasteiger partial charge is 0.259 e. The molecular weight excluding hydrogens is 312 g/mol. The number of nitrogens with one attached hydrogen (secondary N) is 2. The number of hydrogen-bond donors (Lipinski definition) is 2. The molecule has 0 aromatic carbocycles. The highest BCUT2D eigenvalue weighted by atomic mass is 32.1. The first-order valence-electron chi connectivity index (χ1n) is 8.35. The summed E-state index contributed by atoms with van der Waals surface area (Å²) in [5.41, 5.74) is 1.27. The molecular formula is C16H22N4O2S. The quantitative estimate of drug-likeness (QED) is 0.795. The van der Waals surface area contributed by atoms with E-state index < -0.39 is 0 Å². The molecule has 7 heteroatoms. The Kier molecular flexibility index (Phi) is 4.43. The molecule has 1 fully saturated rings. The predicted molar refractivity (Wildman–Crippen MR) is 91.2 cm³/mol. The van der Waals surface area contributed by atoms with Gasteiger partial charge in [0.15, 0.2) is 0 Å². The molecule has 2 aromatic rings. The molecule has 0 spiro atoms. The number of rotatable bonds is 5. The summed E-state index contributed by atoms with van der Waals surface area (Å²) < 4.78 is 5.34. The fourth-order valence-electron chi connectivity index (χ4n) is 3.40. The molecule has 2 aromatic heterocycles. The highest BCUT2D eigenvalue weighted by Crippen LogP contribution is 2.34. The van der Waals surface area contributed by atoms with Gasteiger partial charge in [-0.25, -0.2) is 4.98 Å². The van der Waals surface area contributed by atoms with Crippen LogP contribution in [0.4, 0.5) is 0 Å². The molecule has 0 bridgehead atoms. The lowest BCUT2D eigenvalue weighted by Crippen LogP contribution is -2.40. The Balaban J connectivity index is 1.38. The van der Waals surface area contributed by atoms with E-state index in [9.17, 15) is 4.79 Å². The molecule has 3 heterocycles. The van der Waals surface area contributed by atoms with Crippen molar-refractivity contribution < 1.29 is 4.74 Å². The monoisotopic (exact) mass is 334 g/mol. The van der Waals surface area contributed by atoms with Crippen molar-refractivity contribution in [2.45, 2.75) is 25.8 Å². The number of hydrogen-bond acceptors (Lipinski definition) is 6. The van der Waals surface area contributed by atoms with Crippen LogP contribution in [0.25, 0.3) is 10.2 Å². The second-order valence-electron chi connectivity index (χ2n) is 6.18. The maximum Gasteiger partial charge on any atom is 0.259 e. The fourth-order valence-corrected chi connectivity index (χ4v) is 4.68. The van der Waals surface area contributed by atoms with Crippen LogP contribution in [0.5, 0.6) is 0 Å². The van der Waals surface area contributed by atoms with E-state index in [0.29, 0.717) is 6.54 Å². The number of aromatic amines is 1. The third-order valence-corrected chi connectivity index (χ3v) is 5.81. The van der Waals surface area contributed by atoms with Gasteiger partial charge in [-0.3, -0.25) is 9.69 Å². The molecule has 2 N–H and O–H groups in total. The zero-order valence-electron chi connectivity index (χ0n) is 13.2. The van der Waals surface area contributed by atoms with Crippen LogP contribution in [0.1, 0.15) is 22.7 Å². The highest BCUT2D eigenvalue weighted by Gasteiger charge is 2.20. The predicted octanol–water partition coefficient (Wildman–Crippen LogP) is 0.895. The van der Waals surface area contributed by atoms with Gasteiger partial charge >= 0.3 is 0 Å². The van der Waals surface area contributed by atoms with Gasteiger partial charge in [-0.15, -0.1) is 11.3 Å². The lowest BCUT2D eigenvalue weighted by atomic mass is 10.2. The first-order valence-corrected chi connectivity index (χ1v) is 9.17. The van der Waals surface area contributed by atoms with E-state index in [4.69, 9.17) is 4.74 Å². The average Bonchev–Trinajstić information content (AvgIpc) is 3.13.